The van der Waals surface area contributed by atoms with E-state index in [1.54, 1.807) is 11.3 Å². The minimum Gasteiger partial charge on any atom is -0.377 e. The van der Waals surface area contributed by atoms with E-state index in [0.29, 0.717) is 0 Å². The van der Waals surface area contributed by atoms with Crippen molar-refractivity contribution in [3.63, 3.8) is 0 Å². The number of nitrogens with one attached hydrogen (secondary N) is 1. The van der Waals surface area contributed by atoms with E-state index in [1.165, 1.54) is 24.0 Å². The first kappa shape index (κ1) is 13.0. The summed E-state index contributed by atoms with van der Waals surface area (Å²) in [6.45, 7) is 3.10. The molecule has 102 valence electrons. The summed E-state index contributed by atoms with van der Waals surface area (Å²) in [6, 6.07) is 8.59. The number of aromatic nitrogens is 1. The first-order valence-electron chi connectivity index (χ1n) is 6.86. The molecule has 1 heterocycles. The molecule has 0 radical (unpaired) electrons. The van der Waals surface area contributed by atoms with Crippen LogP contribution in [-0.2, 0) is 4.74 Å². The van der Waals surface area contributed by atoms with Gasteiger partial charge >= 0.3 is 0 Å². The van der Waals surface area contributed by atoms with Gasteiger partial charge < -0.3 is 10.1 Å². The van der Waals surface area contributed by atoms with Crippen molar-refractivity contribution in [2.24, 2.45) is 0 Å². The lowest BCUT2D eigenvalue weighted by Crippen LogP contribution is -2.48. The molecule has 3 nitrogen and oxygen atoms in total. The first-order chi connectivity index (χ1) is 9.22. The van der Waals surface area contributed by atoms with Gasteiger partial charge in [-0.2, -0.15) is 0 Å². The predicted molar refractivity (Wildman–Crippen MR) is 79.6 cm³/mol. The average molecular weight is 276 g/mol. The number of hydrogen-bond donors (Lipinski definition) is 1. The molecule has 1 atom stereocenters. The SMILES string of the molecule is COC1(CNC(C)c2nc3ccccc3s2)CCC1. The molecule has 2 aromatic rings. The van der Waals surface area contributed by atoms with Gasteiger partial charge in [0.2, 0.25) is 0 Å². The van der Waals surface area contributed by atoms with Crippen LogP contribution < -0.4 is 5.32 Å². The summed E-state index contributed by atoms with van der Waals surface area (Å²) in [5, 5.41) is 4.74. The molecule has 1 N–H and O–H groups in total. The molecule has 0 amide bonds. The monoisotopic (exact) mass is 276 g/mol. The van der Waals surface area contributed by atoms with Crippen molar-refractivity contribution in [2.75, 3.05) is 13.7 Å². The Labute approximate surface area is 118 Å². The van der Waals surface area contributed by atoms with Gasteiger partial charge in [-0.3, -0.25) is 0 Å². The van der Waals surface area contributed by atoms with E-state index in [0.717, 1.165) is 17.1 Å². The fourth-order valence-electron chi connectivity index (χ4n) is 2.53. The summed E-state index contributed by atoms with van der Waals surface area (Å²) in [5.41, 5.74) is 1.17. The summed E-state index contributed by atoms with van der Waals surface area (Å²) < 4.78 is 6.90. The van der Waals surface area contributed by atoms with Crippen molar-refractivity contribution < 1.29 is 4.74 Å². The Balaban J connectivity index is 1.68. The highest BCUT2D eigenvalue weighted by molar-refractivity contribution is 7.18. The molecule has 0 bridgehead atoms. The van der Waals surface area contributed by atoms with Crippen molar-refractivity contribution in [1.82, 2.24) is 10.3 Å². The van der Waals surface area contributed by atoms with E-state index in [9.17, 15) is 0 Å². The van der Waals surface area contributed by atoms with Crippen LogP contribution in [0.25, 0.3) is 10.2 Å². The number of para-hydroxylation sites is 1. The number of nitrogens with zero attached hydrogens (tertiary/aromatic N) is 1. The van der Waals surface area contributed by atoms with Crippen LogP contribution in [-0.4, -0.2) is 24.2 Å². The van der Waals surface area contributed by atoms with E-state index in [-0.39, 0.29) is 11.6 Å². The van der Waals surface area contributed by atoms with Gasteiger partial charge in [0.25, 0.3) is 0 Å². The van der Waals surface area contributed by atoms with Crippen LogP contribution in [0, 0.1) is 0 Å². The Morgan fingerprint density at radius 3 is 2.84 bits per heavy atom. The number of methoxy groups -OCH3 is 1. The number of rotatable bonds is 5. The van der Waals surface area contributed by atoms with Crippen LogP contribution in [0.2, 0.25) is 0 Å². The molecule has 1 aliphatic carbocycles. The Bertz CT molecular complexity index is 524. The minimum atomic E-state index is 0.0743. The van der Waals surface area contributed by atoms with Crippen molar-refractivity contribution in [3.05, 3.63) is 29.3 Å². The third-order valence-electron chi connectivity index (χ3n) is 4.11. The van der Waals surface area contributed by atoms with E-state index in [1.807, 2.05) is 13.2 Å². The van der Waals surface area contributed by atoms with Crippen LogP contribution in [0.1, 0.15) is 37.2 Å². The lowest BCUT2D eigenvalue weighted by Gasteiger charge is -2.41. The van der Waals surface area contributed by atoms with E-state index < -0.39 is 0 Å². The number of fused-ring (bicyclic) bond motifs is 1. The molecule has 0 saturated heterocycles. The summed E-state index contributed by atoms with van der Waals surface area (Å²) in [7, 11) is 1.82. The van der Waals surface area contributed by atoms with Gasteiger partial charge in [0.1, 0.15) is 5.01 Å². The van der Waals surface area contributed by atoms with Crippen LogP contribution in [0.15, 0.2) is 24.3 Å². The fraction of sp³-hybridized carbons (Fsp3) is 0.533. The molecule has 1 unspecified atom stereocenters. The molecular formula is C15H20N2OS. The average Bonchev–Trinajstić information content (AvgIpc) is 2.81. The second-order valence-electron chi connectivity index (χ2n) is 5.36. The molecular weight excluding hydrogens is 256 g/mol. The van der Waals surface area contributed by atoms with Gasteiger partial charge in [0.15, 0.2) is 0 Å². The van der Waals surface area contributed by atoms with Crippen LogP contribution >= 0.6 is 11.3 Å². The zero-order chi connectivity index (χ0) is 13.3. The molecule has 1 aromatic carbocycles. The van der Waals surface area contributed by atoms with Crippen molar-refractivity contribution >= 4 is 21.6 Å². The molecule has 0 spiro atoms. The molecule has 1 aliphatic rings. The molecule has 1 fully saturated rings. The molecule has 1 aromatic heterocycles. The molecule has 1 saturated carbocycles. The quantitative estimate of drug-likeness (QED) is 0.907. The highest BCUT2D eigenvalue weighted by atomic mass is 32.1. The van der Waals surface area contributed by atoms with Crippen LogP contribution in [0.4, 0.5) is 0 Å². The molecule has 4 heteroatoms. The topological polar surface area (TPSA) is 34.1 Å². The Kier molecular flexibility index (Phi) is 3.56. The molecule has 19 heavy (non-hydrogen) atoms. The van der Waals surface area contributed by atoms with Crippen molar-refractivity contribution in [3.8, 4) is 0 Å². The Morgan fingerprint density at radius 1 is 1.42 bits per heavy atom. The predicted octanol–water partition coefficient (Wildman–Crippen LogP) is 3.52. The lowest BCUT2D eigenvalue weighted by molar-refractivity contribution is -0.0706. The normalized spacial score (nSPS) is 19.3. The van der Waals surface area contributed by atoms with Crippen LogP contribution in [0.5, 0.6) is 0 Å². The summed E-state index contributed by atoms with van der Waals surface area (Å²) in [4.78, 5) is 4.70. The van der Waals surface area contributed by atoms with E-state index >= 15 is 0 Å². The molecule has 3 rings (SSSR count). The largest absolute Gasteiger partial charge is 0.377 e. The smallest absolute Gasteiger partial charge is 0.111 e. The number of ether oxygens (including phenoxy) is 1. The summed E-state index contributed by atoms with van der Waals surface area (Å²) in [6.07, 6.45) is 3.62. The summed E-state index contributed by atoms with van der Waals surface area (Å²) >= 11 is 1.77. The zero-order valence-electron chi connectivity index (χ0n) is 11.5. The lowest BCUT2D eigenvalue weighted by atomic mass is 9.80. The summed E-state index contributed by atoms with van der Waals surface area (Å²) in [5.74, 6) is 0. The first-order valence-corrected chi connectivity index (χ1v) is 7.68. The third kappa shape index (κ3) is 2.53. The van der Waals surface area contributed by atoms with Gasteiger partial charge in [-0.15, -0.1) is 11.3 Å². The maximum atomic E-state index is 5.64. The third-order valence-corrected chi connectivity index (χ3v) is 5.33. The standard InChI is InChI=1S/C15H20N2OS/c1-11(16-10-15(18-2)8-5-9-15)14-17-12-6-3-4-7-13(12)19-14/h3-4,6-7,11,16H,5,8-10H2,1-2H3. The zero-order valence-corrected chi connectivity index (χ0v) is 12.3. The van der Waals surface area contributed by atoms with Gasteiger partial charge in [-0.1, -0.05) is 12.1 Å². The van der Waals surface area contributed by atoms with Gasteiger partial charge in [-0.05, 0) is 38.3 Å². The maximum absolute atomic E-state index is 5.64. The van der Waals surface area contributed by atoms with Gasteiger partial charge in [0, 0.05) is 13.7 Å². The van der Waals surface area contributed by atoms with Crippen LogP contribution in [0.3, 0.4) is 0 Å². The minimum absolute atomic E-state index is 0.0743. The van der Waals surface area contributed by atoms with Crippen molar-refractivity contribution in [1.29, 1.82) is 0 Å². The Hall–Kier alpha value is -0.970. The van der Waals surface area contributed by atoms with E-state index in [2.05, 4.69) is 30.4 Å². The number of thiazole rings is 1. The number of benzene rings is 1. The van der Waals surface area contributed by atoms with E-state index in [4.69, 9.17) is 9.72 Å². The Morgan fingerprint density at radius 2 is 2.21 bits per heavy atom. The second kappa shape index (κ2) is 5.19. The van der Waals surface area contributed by atoms with Gasteiger partial charge in [-0.25, -0.2) is 4.98 Å². The molecule has 0 aliphatic heterocycles. The van der Waals surface area contributed by atoms with Crippen molar-refractivity contribution in [2.45, 2.75) is 37.8 Å². The maximum Gasteiger partial charge on any atom is 0.111 e. The highest BCUT2D eigenvalue weighted by Crippen LogP contribution is 2.35. The second-order valence-corrected chi connectivity index (χ2v) is 6.43. The fourth-order valence-corrected chi connectivity index (χ4v) is 3.52. The highest BCUT2D eigenvalue weighted by Gasteiger charge is 2.37. The van der Waals surface area contributed by atoms with Gasteiger partial charge in [0.05, 0.1) is 21.9 Å². The number of hydrogen-bond acceptors (Lipinski definition) is 4.